The van der Waals surface area contributed by atoms with Crippen molar-refractivity contribution in [1.82, 2.24) is 19.6 Å². The van der Waals surface area contributed by atoms with E-state index in [4.69, 9.17) is 10.00 Å². The Kier molecular flexibility index (Phi) is 9.93. The van der Waals surface area contributed by atoms with E-state index in [1.54, 1.807) is 0 Å². The summed E-state index contributed by atoms with van der Waals surface area (Å²) < 4.78 is 23.2. The lowest BCUT2D eigenvalue weighted by atomic mass is 10.2. The first kappa shape index (κ1) is 23.8. The van der Waals surface area contributed by atoms with Crippen LogP contribution in [0.5, 0.6) is 0 Å². The summed E-state index contributed by atoms with van der Waals surface area (Å²) in [6.45, 7) is 7.98. The smallest absolute Gasteiger partial charge is 0.480 e. The second-order valence-electron chi connectivity index (χ2n) is 7.66. The molecule has 10 nitrogen and oxygen atoms in total. The fourth-order valence-electron chi connectivity index (χ4n) is 3.82. The van der Waals surface area contributed by atoms with Crippen LogP contribution in [0.1, 0.15) is 12.8 Å². The number of nitrogens with zero attached hydrogens (tertiary/aromatic N) is 4. The van der Waals surface area contributed by atoms with Crippen LogP contribution in [-0.2, 0) is 13.9 Å². The van der Waals surface area contributed by atoms with E-state index in [0.29, 0.717) is 13.1 Å². The number of carbonyl (C=O) groups is 1. The molecule has 12 heteroatoms. The molecule has 28 heavy (non-hydrogen) atoms. The van der Waals surface area contributed by atoms with Gasteiger partial charge in [-0.05, 0) is 37.0 Å². The van der Waals surface area contributed by atoms with Gasteiger partial charge in [0.25, 0.3) is 13.3 Å². The van der Waals surface area contributed by atoms with Crippen LogP contribution in [-0.4, -0.2) is 125 Å². The zero-order valence-corrected chi connectivity index (χ0v) is 18.1. The number of aliphatic carboxylic acids is 1. The third kappa shape index (κ3) is 9.37. The van der Waals surface area contributed by atoms with Crippen LogP contribution in [0.3, 0.4) is 0 Å². The predicted octanol–water partition coefficient (Wildman–Crippen LogP) is 0.00650. The minimum absolute atomic E-state index is 0.0468. The van der Waals surface area contributed by atoms with E-state index in [1.807, 2.05) is 9.80 Å². The summed E-state index contributed by atoms with van der Waals surface area (Å²) in [4.78, 5) is 38.7. The van der Waals surface area contributed by atoms with Crippen molar-refractivity contribution in [2.75, 3.05) is 84.2 Å². The molecule has 3 N–H and O–H groups in total. The summed E-state index contributed by atoms with van der Waals surface area (Å²) in [6, 6.07) is 0. The van der Waals surface area contributed by atoms with Gasteiger partial charge in [0, 0.05) is 45.8 Å². The summed E-state index contributed by atoms with van der Waals surface area (Å²) in [5.41, 5.74) is 0. The SMILES string of the molecule is O=C(O)CN1CCCN2CCN(CCCN(CP(=O)(O)C[P+](=O)O)CC2)CC1. The van der Waals surface area contributed by atoms with E-state index in [9.17, 15) is 18.8 Å². The molecule has 0 aliphatic carbocycles. The summed E-state index contributed by atoms with van der Waals surface area (Å²) in [5, 5.41) is 9.10. The van der Waals surface area contributed by atoms with Gasteiger partial charge in [0.05, 0.1) is 12.8 Å². The molecule has 2 aliphatic rings. The topological polar surface area (TPSA) is 125 Å². The van der Waals surface area contributed by atoms with Crippen LogP contribution in [0, 0.1) is 0 Å². The van der Waals surface area contributed by atoms with Crippen LogP contribution in [0.2, 0.25) is 0 Å². The molecule has 2 saturated heterocycles. The number of fused-ring (bicyclic) bond motifs is 3. The maximum absolute atomic E-state index is 12.2. The lowest BCUT2D eigenvalue weighted by Crippen LogP contribution is -2.47. The predicted molar refractivity (Wildman–Crippen MR) is 107 cm³/mol. The van der Waals surface area contributed by atoms with E-state index < -0.39 is 27.3 Å². The third-order valence-electron chi connectivity index (χ3n) is 5.22. The van der Waals surface area contributed by atoms with Gasteiger partial charge in [-0.1, -0.05) is 0 Å². The monoisotopic (exact) mass is 439 g/mol. The van der Waals surface area contributed by atoms with Gasteiger partial charge in [-0.15, -0.1) is 0 Å². The van der Waals surface area contributed by atoms with Crippen molar-refractivity contribution in [2.24, 2.45) is 0 Å². The van der Waals surface area contributed by atoms with Gasteiger partial charge in [0.1, 0.15) is 0 Å². The molecule has 2 fully saturated rings. The maximum Gasteiger partial charge on any atom is 0.515 e. The Morgan fingerprint density at radius 1 is 0.857 bits per heavy atom. The van der Waals surface area contributed by atoms with E-state index in [1.165, 1.54) is 0 Å². The van der Waals surface area contributed by atoms with Crippen molar-refractivity contribution in [1.29, 1.82) is 0 Å². The van der Waals surface area contributed by atoms with Crippen LogP contribution < -0.4 is 0 Å². The Morgan fingerprint density at radius 2 is 1.36 bits per heavy atom. The summed E-state index contributed by atoms with van der Waals surface area (Å²) in [6.07, 6.45) is 1.68. The molecule has 2 bridgehead atoms. The molecule has 162 valence electrons. The molecule has 2 heterocycles. The highest BCUT2D eigenvalue weighted by atomic mass is 31.2. The average molecular weight is 439 g/mol. The van der Waals surface area contributed by atoms with Crippen molar-refractivity contribution >= 4 is 21.4 Å². The van der Waals surface area contributed by atoms with Crippen molar-refractivity contribution in [3.05, 3.63) is 0 Å². The van der Waals surface area contributed by atoms with Crippen LogP contribution >= 0.6 is 15.4 Å². The first-order valence-electron chi connectivity index (χ1n) is 9.79. The number of rotatable bonds is 6. The van der Waals surface area contributed by atoms with Crippen molar-refractivity contribution in [3.63, 3.8) is 0 Å². The van der Waals surface area contributed by atoms with Gasteiger partial charge in [0.15, 0.2) is 0 Å². The molecule has 0 amide bonds. The Bertz CT molecular complexity index is 581. The number of carboxylic acids is 1. The van der Waals surface area contributed by atoms with E-state index in [2.05, 4.69) is 9.80 Å². The molecule has 2 aliphatic heterocycles. The molecule has 4 atom stereocenters. The van der Waals surface area contributed by atoms with Gasteiger partial charge in [-0.25, -0.2) is 0 Å². The van der Waals surface area contributed by atoms with Crippen LogP contribution in [0.4, 0.5) is 0 Å². The molecule has 0 aromatic rings. The summed E-state index contributed by atoms with van der Waals surface area (Å²) in [5.74, 6) is -1.34. The van der Waals surface area contributed by atoms with E-state index in [-0.39, 0.29) is 12.8 Å². The average Bonchev–Trinajstić information content (AvgIpc) is 2.58. The molecule has 0 aromatic carbocycles. The van der Waals surface area contributed by atoms with Crippen molar-refractivity contribution < 1.29 is 28.8 Å². The highest BCUT2D eigenvalue weighted by Gasteiger charge is 2.32. The summed E-state index contributed by atoms with van der Waals surface area (Å²) >= 11 is 0. The Morgan fingerprint density at radius 3 is 1.89 bits per heavy atom. The van der Waals surface area contributed by atoms with Gasteiger partial charge >= 0.3 is 14.0 Å². The fourth-order valence-corrected chi connectivity index (χ4v) is 6.59. The first-order valence-corrected chi connectivity index (χ1v) is 13.2. The zero-order chi connectivity index (χ0) is 20.6. The van der Waals surface area contributed by atoms with Crippen LogP contribution in [0.25, 0.3) is 0 Å². The standard InChI is InChI=1S/C16H32N4O6P2/c21-16(22)13-19-5-1-3-18-8-7-17(9-11-19)4-2-6-20(12-10-18)14-28(25,26)15-27(23)24/h1-15H2,(H2-,21,22,23,24,25,26)/p+1. The highest BCUT2D eigenvalue weighted by Crippen LogP contribution is 2.47. The molecule has 0 spiro atoms. The molecule has 0 radical (unpaired) electrons. The van der Waals surface area contributed by atoms with E-state index in [0.717, 1.165) is 65.2 Å². The molecule has 4 unspecified atom stereocenters. The Balaban J connectivity index is 1.98. The normalized spacial score (nSPS) is 29.0. The highest BCUT2D eigenvalue weighted by molar-refractivity contribution is 7.68. The quantitative estimate of drug-likeness (QED) is 0.487. The largest absolute Gasteiger partial charge is 0.515 e. The maximum atomic E-state index is 12.2. The van der Waals surface area contributed by atoms with Gasteiger partial charge in [-0.3, -0.25) is 19.2 Å². The minimum atomic E-state index is -3.65. The first-order chi connectivity index (χ1) is 13.2. The zero-order valence-electron chi connectivity index (χ0n) is 16.4. The lowest BCUT2D eigenvalue weighted by molar-refractivity contribution is -0.138. The molecular formula is C16H33N4O6P2+. The minimum Gasteiger partial charge on any atom is -0.480 e. The Hall–Kier alpha value is -0.440. The molecular weight excluding hydrogens is 406 g/mol. The number of hydrogen-bond donors (Lipinski definition) is 3. The lowest BCUT2D eigenvalue weighted by Gasteiger charge is -2.35. The van der Waals surface area contributed by atoms with Crippen molar-refractivity contribution in [2.45, 2.75) is 12.8 Å². The van der Waals surface area contributed by atoms with E-state index >= 15 is 0 Å². The second kappa shape index (κ2) is 11.7. The van der Waals surface area contributed by atoms with Crippen LogP contribution in [0.15, 0.2) is 0 Å². The third-order valence-corrected chi connectivity index (χ3v) is 8.79. The molecule has 0 aromatic heterocycles. The molecule has 2 rings (SSSR count). The number of hydrogen-bond acceptors (Lipinski definition) is 7. The van der Waals surface area contributed by atoms with Gasteiger partial charge in [0.2, 0.25) is 0 Å². The second-order valence-corrected chi connectivity index (χ2v) is 11.5. The Labute approximate surface area is 167 Å². The van der Waals surface area contributed by atoms with Gasteiger partial charge in [-0.2, -0.15) is 4.89 Å². The fraction of sp³-hybridized carbons (Fsp3) is 0.938. The molecule has 0 saturated carbocycles. The summed E-state index contributed by atoms with van der Waals surface area (Å²) in [7, 11) is -6.27. The number of carboxylic acid groups (broad SMARTS) is 1. The van der Waals surface area contributed by atoms with Gasteiger partial charge < -0.3 is 19.8 Å². The van der Waals surface area contributed by atoms with Crippen molar-refractivity contribution in [3.8, 4) is 0 Å².